The van der Waals surface area contributed by atoms with Gasteiger partial charge in [0.15, 0.2) is 5.82 Å². The van der Waals surface area contributed by atoms with Crippen molar-refractivity contribution in [2.75, 3.05) is 31.1 Å². The molecule has 3 aromatic rings. The van der Waals surface area contributed by atoms with Gasteiger partial charge in [-0.25, -0.2) is 9.97 Å². The second-order valence-electron chi connectivity index (χ2n) is 7.48. The van der Waals surface area contributed by atoms with Gasteiger partial charge >= 0.3 is 0 Å². The predicted molar refractivity (Wildman–Crippen MR) is 113 cm³/mol. The molecule has 1 fully saturated rings. The largest absolute Gasteiger partial charge is 0.361 e. The van der Waals surface area contributed by atoms with Gasteiger partial charge in [-0.15, -0.1) is 0 Å². The van der Waals surface area contributed by atoms with Gasteiger partial charge in [0.2, 0.25) is 5.91 Å². The number of aromatic nitrogens is 4. The molecule has 0 aliphatic carbocycles. The quantitative estimate of drug-likeness (QED) is 0.643. The Balaban J connectivity index is 1.45. The van der Waals surface area contributed by atoms with E-state index >= 15 is 0 Å². The average molecular weight is 406 g/mol. The van der Waals surface area contributed by atoms with Gasteiger partial charge in [0.25, 0.3) is 0 Å². The Kier molecular flexibility index (Phi) is 5.74. The highest BCUT2D eigenvalue weighted by molar-refractivity contribution is 5.79. The number of hydrogen-bond donors (Lipinski definition) is 0. The highest BCUT2D eigenvalue weighted by Gasteiger charge is 2.24. The molecule has 0 spiro atoms. The highest BCUT2D eigenvalue weighted by atomic mass is 16.5. The number of nitrogens with zero attached hydrogens (tertiary/aromatic N) is 6. The molecule has 1 aliphatic rings. The van der Waals surface area contributed by atoms with Crippen molar-refractivity contribution in [3.05, 3.63) is 53.3 Å². The second-order valence-corrected chi connectivity index (χ2v) is 7.48. The zero-order chi connectivity index (χ0) is 21.1. The monoisotopic (exact) mass is 406 g/mol. The molecule has 8 heteroatoms. The maximum absolute atomic E-state index is 12.8. The zero-order valence-corrected chi connectivity index (χ0v) is 17.6. The lowest BCUT2D eigenvalue weighted by Crippen LogP contribution is -2.49. The molecule has 1 aliphatic heterocycles. The minimum Gasteiger partial charge on any atom is -0.361 e. The van der Waals surface area contributed by atoms with Crippen molar-refractivity contribution in [3.8, 4) is 11.4 Å². The lowest BCUT2D eigenvalue weighted by atomic mass is 10.1. The first-order chi connectivity index (χ1) is 14.5. The third-order valence-electron chi connectivity index (χ3n) is 5.53. The van der Waals surface area contributed by atoms with Crippen molar-refractivity contribution in [2.45, 2.75) is 33.6 Å². The van der Waals surface area contributed by atoms with Gasteiger partial charge in [-0.05, 0) is 32.4 Å². The second kappa shape index (κ2) is 8.61. The van der Waals surface area contributed by atoms with Gasteiger partial charge in [-0.2, -0.15) is 0 Å². The first-order valence-corrected chi connectivity index (χ1v) is 10.3. The van der Waals surface area contributed by atoms with Gasteiger partial charge in [-0.1, -0.05) is 12.1 Å². The number of aryl methyl sites for hydroxylation is 3. The SMILES string of the molecule is CCc1cc(N2CCN(C(=O)Cc3c(C)noc3C)CC2)nc(-c2ccncc2)n1. The highest BCUT2D eigenvalue weighted by Crippen LogP contribution is 2.22. The van der Waals surface area contributed by atoms with Crippen LogP contribution in [0.4, 0.5) is 5.82 Å². The summed E-state index contributed by atoms with van der Waals surface area (Å²) < 4.78 is 5.18. The maximum Gasteiger partial charge on any atom is 0.227 e. The first-order valence-electron chi connectivity index (χ1n) is 10.3. The van der Waals surface area contributed by atoms with Crippen molar-refractivity contribution in [1.82, 2.24) is 25.0 Å². The minimum absolute atomic E-state index is 0.110. The fourth-order valence-electron chi connectivity index (χ4n) is 3.66. The molecular formula is C22H26N6O2. The molecule has 0 radical (unpaired) electrons. The minimum atomic E-state index is 0.110. The summed E-state index contributed by atoms with van der Waals surface area (Å²) in [6, 6.07) is 5.89. The van der Waals surface area contributed by atoms with E-state index in [1.807, 2.05) is 36.9 Å². The third kappa shape index (κ3) is 4.17. The normalized spacial score (nSPS) is 14.2. The Hall–Kier alpha value is -3.29. The van der Waals surface area contributed by atoms with Crippen LogP contribution < -0.4 is 4.90 Å². The molecule has 0 aromatic carbocycles. The van der Waals surface area contributed by atoms with Crippen LogP contribution in [0.3, 0.4) is 0 Å². The van der Waals surface area contributed by atoms with Crippen LogP contribution in [-0.4, -0.2) is 57.1 Å². The lowest BCUT2D eigenvalue weighted by Gasteiger charge is -2.35. The Bertz CT molecular complexity index is 1010. The fraction of sp³-hybridized carbons (Fsp3) is 0.409. The maximum atomic E-state index is 12.8. The topological polar surface area (TPSA) is 88.2 Å². The molecule has 0 unspecified atom stereocenters. The number of rotatable bonds is 5. The number of piperazine rings is 1. The van der Waals surface area contributed by atoms with Crippen LogP contribution in [0.1, 0.15) is 29.6 Å². The molecule has 30 heavy (non-hydrogen) atoms. The number of amides is 1. The van der Waals surface area contributed by atoms with E-state index in [-0.39, 0.29) is 5.91 Å². The standard InChI is InChI=1S/C22H26N6O2/c1-4-18-13-20(25-22(24-18)17-5-7-23-8-6-17)27-9-11-28(12-10-27)21(29)14-19-15(2)26-30-16(19)3/h5-8,13H,4,9-12,14H2,1-3H3. The summed E-state index contributed by atoms with van der Waals surface area (Å²) in [6.45, 7) is 8.62. The van der Waals surface area contributed by atoms with Crippen molar-refractivity contribution < 1.29 is 9.32 Å². The van der Waals surface area contributed by atoms with E-state index in [4.69, 9.17) is 9.51 Å². The van der Waals surface area contributed by atoms with Crippen LogP contribution in [0.25, 0.3) is 11.4 Å². The average Bonchev–Trinajstić information content (AvgIpc) is 3.11. The van der Waals surface area contributed by atoms with Gasteiger partial charge in [-0.3, -0.25) is 9.78 Å². The zero-order valence-electron chi connectivity index (χ0n) is 17.6. The molecule has 1 saturated heterocycles. The Morgan fingerprint density at radius 3 is 2.47 bits per heavy atom. The van der Waals surface area contributed by atoms with Crippen LogP contribution >= 0.6 is 0 Å². The van der Waals surface area contributed by atoms with E-state index < -0.39 is 0 Å². The third-order valence-corrected chi connectivity index (χ3v) is 5.53. The molecule has 0 N–H and O–H groups in total. The lowest BCUT2D eigenvalue weighted by molar-refractivity contribution is -0.130. The Morgan fingerprint density at radius 2 is 1.83 bits per heavy atom. The van der Waals surface area contributed by atoms with E-state index in [1.54, 1.807) is 12.4 Å². The summed E-state index contributed by atoms with van der Waals surface area (Å²) in [4.78, 5) is 30.4. The van der Waals surface area contributed by atoms with Crippen LogP contribution in [-0.2, 0) is 17.6 Å². The van der Waals surface area contributed by atoms with Crippen molar-refractivity contribution in [1.29, 1.82) is 0 Å². The molecule has 8 nitrogen and oxygen atoms in total. The predicted octanol–water partition coefficient (Wildman–Crippen LogP) is 2.60. The summed E-state index contributed by atoms with van der Waals surface area (Å²) in [7, 11) is 0. The first kappa shape index (κ1) is 20.0. The summed E-state index contributed by atoms with van der Waals surface area (Å²) in [5, 5.41) is 3.94. The van der Waals surface area contributed by atoms with Crippen LogP contribution in [0.15, 0.2) is 35.1 Å². The molecule has 3 aromatic heterocycles. The molecule has 0 bridgehead atoms. The fourth-order valence-corrected chi connectivity index (χ4v) is 3.66. The molecule has 0 atom stereocenters. The number of carbonyl (C=O) groups is 1. The summed E-state index contributed by atoms with van der Waals surface area (Å²) in [5.74, 6) is 2.45. The Labute approximate surface area is 175 Å². The van der Waals surface area contributed by atoms with Crippen LogP contribution in [0.5, 0.6) is 0 Å². The van der Waals surface area contributed by atoms with E-state index in [1.165, 1.54) is 0 Å². The van der Waals surface area contributed by atoms with E-state index in [2.05, 4.69) is 26.9 Å². The number of hydrogen-bond acceptors (Lipinski definition) is 7. The molecule has 1 amide bonds. The van der Waals surface area contributed by atoms with Gasteiger partial charge in [0, 0.05) is 61.5 Å². The van der Waals surface area contributed by atoms with E-state index in [9.17, 15) is 4.79 Å². The number of pyridine rings is 1. The smallest absolute Gasteiger partial charge is 0.227 e. The molecule has 0 saturated carbocycles. The summed E-state index contributed by atoms with van der Waals surface area (Å²) in [6.07, 6.45) is 4.67. The summed E-state index contributed by atoms with van der Waals surface area (Å²) >= 11 is 0. The van der Waals surface area contributed by atoms with Gasteiger partial charge in [0.1, 0.15) is 11.6 Å². The van der Waals surface area contributed by atoms with Crippen LogP contribution in [0, 0.1) is 13.8 Å². The molecule has 4 rings (SSSR count). The Morgan fingerprint density at radius 1 is 1.10 bits per heavy atom. The van der Waals surface area contributed by atoms with E-state index in [0.717, 1.165) is 53.6 Å². The van der Waals surface area contributed by atoms with Crippen molar-refractivity contribution in [3.63, 3.8) is 0 Å². The van der Waals surface area contributed by atoms with Gasteiger partial charge in [0.05, 0.1) is 12.1 Å². The summed E-state index contributed by atoms with van der Waals surface area (Å²) in [5.41, 5.74) is 3.64. The van der Waals surface area contributed by atoms with E-state index in [0.29, 0.717) is 25.3 Å². The molecule has 4 heterocycles. The number of anilines is 1. The van der Waals surface area contributed by atoms with Gasteiger partial charge < -0.3 is 14.3 Å². The van der Waals surface area contributed by atoms with Crippen molar-refractivity contribution in [2.24, 2.45) is 0 Å². The molecular weight excluding hydrogens is 380 g/mol. The van der Waals surface area contributed by atoms with Crippen molar-refractivity contribution >= 4 is 11.7 Å². The van der Waals surface area contributed by atoms with Crippen LogP contribution in [0.2, 0.25) is 0 Å². The molecule has 156 valence electrons. The number of carbonyl (C=O) groups excluding carboxylic acids is 1.